The molecule has 0 spiro atoms. The molecule has 0 aliphatic carbocycles. The Morgan fingerprint density at radius 1 is 0.267 bits per heavy atom. The van der Waals surface area contributed by atoms with Crippen LogP contribution in [-0.4, -0.2) is 96.7 Å². The van der Waals surface area contributed by atoms with Crippen LogP contribution in [0.5, 0.6) is 0 Å². The van der Waals surface area contributed by atoms with E-state index in [9.17, 15) is 43.2 Å². The number of hydrogen-bond donors (Lipinski definition) is 3. The number of phosphoric acid groups is 2. The number of aliphatic hydroxyl groups excluding tert-OH is 1. The van der Waals surface area contributed by atoms with E-state index in [1.807, 2.05) is 0 Å². The average Bonchev–Trinajstić information content (AvgIpc) is 0.936. The Hall–Kier alpha value is -1.94. The van der Waals surface area contributed by atoms with Crippen LogP contribution < -0.4 is 0 Å². The summed E-state index contributed by atoms with van der Waals surface area (Å²) in [5.74, 6) is -0.553. The summed E-state index contributed by atoms with van der Waals surface area (Å²) in [4.78, 5) is 72.9. The lowest BCUT2D eigenvalue weighted by atomic mass is 10.0. The molecule has 0 aliphatic rings. The topological polar surface area (TPSA) is 237 Å². The minimum atomic E-state index is -4.96. The Balaban J connectivity index is 5.18. The average molecular weight is 1480 g/mol. The molecule has 0 aromatic heterocycles. The second kappa shape index (κ2) is 73.6. The summed E-state index contributed by atoms with van der Waals surface area (Å²) in [5.41, 5.74) is 0. The molecule has 101 heavy (non-hydrogen) atoms. The van der Waals surface area contributed by atoms with Crippen molar-refractivity contribution in [1.29, 1.82) is 0 Å². The van der Waals surface area contributed by atoms with Gasteiger partial charge in [0.25, 0.3) is 0 Å². The van der Waals surface area contributed by atoms with Gasteiger partial charge in [-0.1, -0.05) is 382 Å². The van der Waals surface area contributed by atoms with E-state index in [2.05, 4.69) is 41.5 Å². The van der Waals surface area contributed by atoms with E-state index in [0.717, 1.165) is 108 Å². The van der Waals surface area contributed by atoms with Crippen molar-refractivity contribution in [2.24, 2.45) is 11.8 Å². The first-order valence-electron chi connectivity index (χ1n) is 42.5. The molecule has 0 aromatic rings. The van der Waals surface area contributed by atoms with Crippen molar-refractivity contribution < 1.29 is 80.2 Å². The molecule has 0 heterocycles. The maximum atomic E-state index is 13.1. The summed E-state index contributed by atoms with van der Waals surface area (Å²) in [6.45, 7) is 9.62. The maximum Gasteiger partial charge on any atom is 0.472 e. The highest BCUT2D eigenvalue weighted by Gasteiger charge is 2.30. The highest BCUT2D eigenvalue weighted by atomic mass is 31.2. The highest BCUT2D eigenvalue weighted by molar-refractivity contribution is 7.47. The lowest BCUT2D eigenvalue weighted by molar-refractivity contribution is -0.161. The number of ether oxygens (including phenoxy) is 4. The van der Waals surface area contributed by atoms with Crippen LogP contribution in [0.2, 0.25) is 0 Å². The van der Waals surface area contributed by atoms with E-state index in [-0.39, 0.29) is 25.7 Å². The molecule has 0 radical (unpaired) electrons. The number of phosphoric ester groups is 2. The monoisotopic (exact) mass is 1480 g/mol. The van der Waals surface area contributed by atoms with Crippen LogP contribution in [-0.2, 0) is 65.4 Å². The van der Waals surface area contributed by atoms with E-state index in [1.54, 1.807) is 0 Å². The van der Waals surface area contributed by atoms with Crippen molar-refractivity contribution in [3.63, 3.8) is 0 Å². The van der Waals surface area contributed by atoms with E-state index >= 15 is 0 Å². The Bertz CT molecular complexity index is 1940. The molecule has 0 saturated heterocycles. The molecule has 0 aliphatic heterocycles. The van der Waals surface area contributed by atoms with Gasteiger partial charge in [-0.05, 0) is 37.5 Å². The van der Waals surface area contributed by atoms with Gasteiger partial charge in [0, 0.05) is 25.7 Å². The SMILES string of the molecule is CCCCCCCCCCCCCCCCCCCCCCCCC(=O)O[C@H](COC(=O)CCCCCCCCCCCCCCCCCC(C)C)COP(=O)(O)OC[C@@H](O)COP(=O)(O)OC[C@@H](COC(=O)CCCCCCCCCC)OC(=O)CCCCCCCCCCCCC(C)C. The maximum absolute atomic E-state index is 13.1. The molecule has 3 N–H and O–H groups in total. The number of rotatable bonds is 81. The molecule has 0 rings (SSSR count). The first-order chi connectivity index (χ1) is 48.9. The van der Waals surface area contributed by atoms with Crippen molar-refractivity contribution in [1.82, 2.24) is 0 Å². The fourth-order valence-electron chi connectivity index (χ4n) is 12.7. The largest absolute Gasteiger partial charge is 0.472 e. The molecular formula is C82H160O17P2. The molecule has 5 atom stereocenters. The van der Waals surface area contributed by atoms with E-state index < -0.39 is 97.5 Å². The molecule has 2 unspecified atom stereocenters. The highest BCUT2D eigenvalue weighted by Crippen LogP contribution is 2.45. The first kappa shape index (κ1) is 99.1. The second-order valence-corrected chi connectivity index (χ2v) is 33.4. The van der Waals surface area contributed by atoms with Gasteiger partial charge in [0.05, 0.1) is 26.4 Å². The van der Waals surface area contributed by atoms with Crippen LogP contribution >= 0.6 is 15.6 Å². The zero-order valence-corrected chi connectivity index (χ0v) is 68.0. The molecule has 17 nitrogen and oxygen atoms in total. The van der Waals surface area contributed by atoms with Crippen LogP contribution in [0.3, 0.4) is 0 Å². The van der Waals surface area contributed by atoms with Crippen molar-refractivity contribution in [2.75, 3.05) is 39.6 Å². The summed E-state index contributed by atoms with van der Waals surface area (Å²) in [6.07, 6.45) is 64.1. The fourth-order valence-corrected chi connectivity index (χ4v) is 14.3. The second-order valence-electron chi connectivity index (χ2n) is 30.5. The predicted molar refractivity (Wildman–Crippen MR) is 414 cm³/mol. The van der Waals surface area contributed by atoms with Gasteiger partial charge in [-0.2, -0.15) is 0 Å². The number of carbonyl (C=O) groups is 4. The van der Waals surface area contributed by atoms with Gasteiger partial charge in [-0.15, -0.1) is 0 Å². The molecule has 0 bridgehead atoms. The Labute approximate surface area is 619 Å². The van der Waals surface area contributed by atoms with Crippen LogP contribution in [0, 0.1) is 11.8 Å². The molecule has 0 aromatic carbocycles. The number of carbonyl (C=O) groups excluding carboxylic acids is 4. The summed E-state index contributed by atoms with van der Waals surface area (Å²) in [6, 6.07) is 0. The molecule has 19 heteroatoms. The Morgan fingerprint density at radius 3 is 0.673 bits per heavy atom. The quantitative estimate of drug-likeness (QED) is 0.0222. The molecule has 600 valence electrons. The van der Waals surface area contributed by atoms with Crippen LogP contribution in [0.25, 0.3) is 0 Å². The fraction of sp³-hybridized carbons (Fsp3) is 0.951. The molecule has 0 amide bonds. The van der Waals surface area contributed by atoms with Gasteiger partial charge in [-0.25, -0.2) is 9.13 Å². The van der Waals surface area contributed by atoms with Gasteiger partial charge in [0.1, 0.15) is 19.3 Å². The summed E-state index contributed by atoms with van der Waals surface area (Å²) in [5, 5.41) is 10.6. The third kappa shape index (κ3) is 76.1. The number of esters is 4. The van der Waals surface area contributed by atoms with E-state index in [1.165, 1.54) is 244 Å². The molecule has 0 saturated carbocycles. The minimum absolute atomic E-state index is 0.106. The van der Waals surface area contributed by atoms with Gasteiger partial charge in [0.2, 0.25) is 0 Å². The Morgan fingerprint density at radius 2 is 0.455 bits per heavy atom. The normalized spacial score (nSPS) is 13.9. The third-order valence-electron chi connectivity index (χ3n) is 19.2. The summed E-state index contributed by atoms with van der Waals surface area (Å²) < 4.78 is 68.6. The van der Waals surface area contributed by atoms with Gasteiger partial charge in [-0.3, -0.25) is 37.3 Å². The van der Waals surface area contributed by atoms with Crippen LogP contribution in [0.4, 0.5) is 0 Å². The van der Waals surface area contributed by atoms with Crippen LogP contribution in [0.1, 0.15) is 433 Å². The van der Waals surface area contributed by atoms with Gasteiger partial charge >= 0.3 is 39.5 Å². The van der Waals surface area contributed by atoms with Crippen molar-refractivity contribution in [2.45, 2.75) is 452 Å². The Kier molecular flexibility index (Phi) is 72.2. The van der Waals surface area contributed by atoms with Gasteiger partial charge in [0.15, 0.2) is 12.2 Å². The summed E-state index contributed by atoms with van der Waals surface area (Å²) >= 11 is 0. The smallest absolute Gasteiger partial charge is 0.462 e. The number of hydrogen-bond acceptors (Lipinski definition) is 15. The molecular weight excluding hydrogens is 1320 g/mol. The lowest BCUT2D eigenvalue weighted by Crippen LogP contribution is -2.30. The van der Waals surface area contributed by atoms with E-state index in [0.29, 0.717) is 25.7 Å². The van der Waals surface area contributed by atoms with Crippen molar-refractivity contribution in [3.8, 4) is 0 Å². The van der Waals surface area contributed by atoms with Gasteiger partial charge < -0.3 is 33.8 Å². The minimum Gasteiger partial charge on any atom is -0.462 e. The third-order valence-corrected chi connectivity index (χ3v) is 21.1. The zero-order chi connectivity index (χ0) is 74.2. The summed E-state index contributed by atoms with van der Waals surface area (Å²) in [7, 11) is -9.92. The standard InChI is InChI=1S/C82H160O17P2/c1-7-9-11-13-15-17-18-19-20-21-22-23-24-25-26-29-33-36-42-48-54-60-66-81(86)99-78(71-93-80(85)65-59-53-47-41-35-32-30-27-28-31-34-39-44-50-56-62-74(3)4)73-97-101(90,91)95-69-76(83)68-94-100(88,89)96-72-77(70-92-79(84)64-58-52-46-16-14-12-10-8-2)98-82(87)67-61-55-49-43-38-37-40-45-51-57-63-75(5)6/h74-78,83H,7-73H2,1-6H3,(H,88,89)(H,90,91)/t76-,77+,78+/m0/s1. The van der Waals surface area contributed by atoms with Crippen LogP contribution in [0.15, 0.2) is 0 Å². The first-order valence-corrected chi connectivity index (χ1v) is 45.5. The lowest BCUT2D eigenvalue weighted by Gasteiger charge is -2.21. The van der Waals surface area contributed by atoms with Crippen molar-refractivity contribution >= 4 is 39.5 Å². The van der Waals surface area contributed by atoms with Crippen molar-refractivity contribution in [3.05, 3.63) is 0 Å². The number of aliphatic hydroxyl groups is 1. The number of unbranched alkanes of at least 4 members (excludes halogenated alkanes) is 51. The predicted octanol–water partition coefficient (Wildman–Crippen LogP) is 24.7. The van der Waals surface area contributed by atoms with E-state index in [4.69, 9.17) is 37.0 Å². The zero-order valence-electron chi connectivity index (χ0n) is 66.2. The molecule has 0 fully saturated rings.